The fourth-order valence-corrected chi connectivity index (χ4v) is 11.9. The van der Waals surface area contributed by atoms with Crippen molar-refractivity contribution in [1.82, 2.24) is 28.7 Å². The smallest absolute Gasteiger partial charge is 0.303 e. The third kappa shape index (κ3) is 12.9. The molecule has 477 valence electrons. The molecule has 6 N–H and O–H groups in total. The van der Waals surface area contributed by atoms with Crippen LogP contribution in [0.15, 0.2) is 74.8 Å². The Kier molecular flexibility index (Phi) is 19.0. The number of aromatic nitrogens is 6. The fourth-order valence-electron chi connectivity index (χ4n) is 11.6. The molecule has 12 atom stereocenters. The summed E-state index contributed by atoms with van der Waals surface area (Å²) < 4.78 is 56.4. The maximum absolute atomic E-state index is 12.1. The van der Waals surface area contributed by atoms with E-state index in [4.69, 9.17) is 67.1 Å². The summed E-state index contributed by atoms with van der Waals surface area (Å²) in [5, 5.41) is 43.2. The lowest BCUT2D eigenvalue weighted by molar-refractivity contribution is -0.184. The summed E-state index contributed by atoms with van der Waals surface area (Å²) in [6.45, 7) is 11.2. The first-order valence-corrected chi connectivity index (χ1v) is 28.5. The molecule has 12 rings (SSSR count). The van der Waals surface area contributed by atoms with Gasteiger partial charge in [-0.3, -0.25) is 33.6 Å². The zero-order chi connectivity index (χ0) is 64.9. The highest BCUT2D eigenvalue weighted by Crippen LogP contribution is 2.50. The number of hydrogen-bond acceptors (Lipinski definition) is 30. The van der Waals surface area contributed by atoms with E-state index in [1.165, 1.54) is 73.5 Å². The van der Waals surface area contributed by atoms with Crippen molar-refractivity contribution < 1.29 is 86.7 Å². The second kappa shape index (κ2) is 26.1. The van der Waals surface area contributed by atoms with Crippen molar-refractivity contribution in [2.24, 2.45) is 15.0 Å². The van der Waals surface area contributed by atoms with Gasteiger partial charge in [0.15, 0.2) is 42.1 Å². The molecule has 0 aliphatic carbocycles. The molecular formula is C57H60BN12O19S2. The summed E-state index contributed by atoms with van der Waals surface area (Å²) in [7, 11) is 0. The van der Waals surface area contributed by atoms with Crippen LogP contribution >= 0.6 is 24.4 Å². The molecule has 3 saturated heterocycles. The number of carbonyl (C=O) groups excluding carboxylic acids is 6. The Hall–Kier alpha value is -9.03. The monoisotopic (exact) mass is 1290 g/mol. The Morgan fingerprint density at radius 3 is 1.26 bits per heavy atom. The Morgan fingerprint density at radius 1 is 0.549 bits per heavy atom. The second-order valence-electron chi connectivity index (χ2n) is 21.8. The first-order chi connectivity index (χ1) is 42.6. The van der Waals surface area contributed by atoms with Gasteiger partial charge in [0, 0.05) is 90.8 Å². The number of aliphatic imine (C=N–C) groups is 3. The lowest BCUT2D eigenvalue weighted by Crippen LogP contribution is -2.50. The van der Waals surface area contributed by atoms with E-state index in [0.29, 0.717) is 60.3 Å². The highest BCUT2D eigenvalue weighted by atomic mass is 32.1. The van der Waals surface area contributed by atoms with Crippen LogP contribution in [0.1, 0.15) is 81.0 Å². The zero-order valence-electron chi connectivity index (χ0n) is 50.0. The molecule has 91 heavy (non-hydrogen) atoms. The van der Waals surface area contributed by atoms with Gasteiger partial charge in [-0.1, -0.05) is 24.4 Å². The number of aliphatic hydroxyl groups excluding tert-OH is 2. The molecule has 3 radical (unpaired) electrons. The van der Waals surface area contributed by atoms with Crippen molar-refractivity contribution >= 4 is 155 Å². The summed E-state index contributed by atoms with van der Waals surface area (Å²) in [6.07, 6.45) is 0.568. The van der Waals surface area contributed by atoms with Gasteiger partial charge >= 0.3 is 35.8 Å². The maximum Gasteiger partial charge on any atom is 0.303 e. The third-order valence-corrected chi connectivity index (χ3v) is 15.6. The van der Waals surface area contributed by atoms with Gasteiger partial charge in [0.25, 0.3) is 5.56 Å². The number of hydrogen-bond donors (Lipinski definition) is 6. The van der Waals surface area contributed by atoms with Gasteiger partial charge in [0.1, 0.15) is 87.4 Å². The summed E-state index contributed by atoms with van der Waals surface area (Å²) >= 11 is 10.4. The van der Waals surface area contributed by atoms with Gasteiger partial charge < -0.3 is 87.6 Å². The molecule has 0 aromatic carbocycles. The van der Waals surface area contributed by atoms with E-state index in [1.807, 2.05) is 6.07 Å². The van der Waals surface area contributed by atoms with Crippen molar-refractivity contribution in [3.63, 3.8) is 0 Å². The number of nitrogens with zero attached hydrogens (tertiary/aromatic N) is 9. The van der Waals surface area contributed by atoms with Crippen LogP contribution in [-0.4, -0.2) is 180 Å². The number of rotatable bonds is 12. The van der Waals surface area contributed by atoms with Crippen molar-refractivity contribution in [1.29, 1.82) is 0 Å². The Morgan fingerprint density at radius 2 is 0.912 bits per heavy atom. The minimum Gasteiger partial charge on any atom is -0.463 e. The van der Waals surface area contributed by atoms with Crippen molar-refractivity contribution in [3.05, 3.63) is 74.6 Å². The normalized spacial score (nSPS) is 26.7. The van der Waals surface area contributed by atoms with Crippen LogP contribution in [0, 0.1) is 9.28 Å². The SMILES string of the molecule is CC(=O)OC[C@H]1O[C@@H](n2cc3ccc(=O)nc4c3c2N=CN4)[C@](C)(OC(C)=O)[C@@H]1OC(C)=O.CC(=O)OC[C@H]1O[C@@H](n2cc3ccc(=S)nc4c3c2N=CN4)[C@](C)(OC(C)=O)[C@@H]1OC(C)=O.C[C@@]1(O)[C@H](O)[C@@H](CO)O[C@H]1n1cc2ccc(=S)nc3c2c1N=CN3.[B]. The van der Waals surface area contributed by atoms with Crippen LogP contribution in [0.2, 0.25) is 0 Å². The van der Waals surface area contributed by atoms with Crippen molar-refractivity contribution in [2.45, 2.75) is 134 Å². The molecular weight excluding hydrogens is 1230 g/mol. The zero-order valence-corrected chi connectivity index (χ0v) is 51.7. The number of aliphatic hydroxyl groups is 3. The Bertz CT molecular complexity index is 4050. The molecule has 6 aliphatic rings. The predicted molar refractivity (Wildman–Crippen MR) is 328 cm³/mol. The molecule has 0 saturated carbocycles. The third-order valence-electron chi connectivity index (χ3n) is 15.2. The lowest BCUT2D eigenvalue weighted by atomic mass is 9.95. The summed E-state index contributed by atoms with van der Waals surface area (Å²) in [5.74, 6) is -0.735. The van der Waals surface area contributed by atoms with E-state index in [0.717, 1.165) is 16.2 Å². The van der Waals surface area contributed by atoms with Crippen molar-refractivity contribution in [2.75, 3.05) is 35.8 Å². The van der Waals surface area contributed by atoms with Crippen LogP contribution in [-0.2, 0) is 71.4 Å². The molecule has 0 spiro atoms. The van der Waals surface area contributed by atoms with E-state index in [1.54, 1.807) is 70.4 Å². The van der Waals surface area contributed by atoms with Crippen LogP contribution in [0.5, 0.6) is 0 Å². The van der Waals surface area contributed by atoms with E-state index in [2.05, 4.69) is 45.9 Å². The van der Waals surface area contributed by atoms with E-state index in [9.17, 15) is 48.9 Å². The highest BCUT2D eigenvalue weighted by Gasteiger charge is 2.62. The standard InChI is InChI=1S/C21H22N4O8.C21H22N4O7S.C15H16N4O4S.B/c1-10(26)30-8-14-17(31-11(2)27)21(4,33-12(3)28)20(32-14)25-7-13-5-6-15(29)24-18-16(13)19(25)23-9-22-18;1-10(26)29-8-14-17(30-11(2)27)21(4,32-12(3)28)20(31-14)25-7-13-5-6-15(33)24-18-16(13)19(25)23-9-22-18;1-15(22)11(21)8(5-20)23-14(15)19-4-7-2-3-9(24)18-12-10(7)13(19)17-6-16-12;/h5-7,9,14,17,20H,8H2,1-4H3,(H,22,23,24,29);5-7,9,14,17,20H,8H2,1-4H3,(H,22,23,24,33);2-4,6,8,11,14,20-22H,5H2,1H3,(H,16,17,18,24);/t2*14-,17-,20-,21-;8-,11-,14-,15-;/m111./s1. The van der Waals surface area contributed by atoms with Gasteiger partial charge in [-0.15, -0.1) is 0 Å². The molecule has 0 amide bonds. The highest BCUT2D eigenvalue weighted by molar-refractivity contribution is 7.71. The summed E-state index contributed by atoms with van der Waals surface area (Å²) in [5.41, 5.74) is -4.99. The predicted octanol–water partition coefficient (Wildman–Crippen LogP) is 4.23. The number of carbonyl (C=O) groups is 6. The van der Waals surface area contributed by atoms with Crippen LogP contribution in [0.4, 0.5) is 34.9 Å². The fraction of sp³-hybridized carbons (Fsp3) is 0.421. The summed E-state index contributed by atoms with van der Waals surface area (Å²) in [4.78, 5) is 109. The van der Waals surface area contributed by atoms with Gasteiger partial charge in [-0.05, 0) is 51.1 Å². The number of anilines is 3. The molecule has 3 fully saturated rings. The largest absolute Gasteiger partial charge is 0.463 e. The van der Waals surface area contributed by atoms with Gasteiger partial charge in [0.2, 0.25) is 0 Å². The van der Waals surface area contributed by atoms with Crippen molar-refractivity contribution in [3.8, 4) is 0 Å². The average molecular weight is 1290 g/mol. The molecule has 12 heterocycles. The molecule has 6 aromatic heterocycles. The average Bonchev–Trinajstić information content (AvgIpc) is 1.60. The minimum atomic E-state index is -1.59. The lowest BCUT2D eigenvalue weighted by Gasteiger charge is -2.34. The minimum absolute atomic E-state index is 0. The maximum atomic E-state index is 12.1. The number of esters is 6. The van der Waals surface area contributed by atoms with E-state index in [-0.39, 0.29) is 21.6 Å². The Balaban J connectivity index is 0.000000163. The summed E-state index contributed by atoms with van der Waals surface area (Å²) in [6, 6.07) is 9.93. The Labute approximate surface area is 527 Å². The molecule has 31 nitrogen and oxygen atoms in total. The number of nitrogens with one attached hydrogen (secondary N) is 3. The number of ether oxygens (including phenoxy) is 9. The van der Waals surface area contributed by atoms with E-state index >= 15 is 0 Å². The topological polar surface area (TPSA) is 390 Å². The van der Waals surface area contributed by atoms with Crippen LogP contribution < -0.4 is 21.5 Å². The molecule has 0 unspecified atom stereocenters. The molecule has 6 aliphatic heterocycles. The second-order valence-corrected chi connectivity index (χ2v) is 22.7. The van der Waals surface area contributed by atoms with E-state index < -0.39 is 120 Å². The van der Waals surface area contributed by atoms with Crippen LogP contribution in [0.25, 0.3) is 32.3 Å². The molecule has 34 heteroatoms. The molecule has 0 bridgehead atoms. The van der Waals surface area contributed by atoms with Gasteiger partial charge in [-0.2, -0.15) is 4.98 Å². The van der Waals surface area contributed by atoms with Gasteiger partial charge in [-0.25, -0.2) is 24.9 Å². The quantitative estimate of drug-likeness (QED) is 0.0432. The van der Waals surface area contributed by atoms with Crippen LogP contribution in [0.3, 0.4) is 0 Å². The molecule has 6 aromatic rings. The first kappa shape index (κ1) is 66.4. The van der Waals surface area contributed by atoms with Gasteiger partial charge in [0.05, 0.1) is 41.8 Å². The first-order valence-electron chi connectivity index (χ1n) is 27.7.